The van der Waals surface area contributed by atoms with Crippen molar-refractivity contribution in [1.82, 2.24) is 4.90 Å². The summed E-state index contributed by atoms with van der Waals surface area (Å²) in [6.07, 6.45) is 3.68. The highest BCUT2D eigenvalue weighted by Gasteiger charge is 2.28. The second-order valence-corrected chi connectivity index (χ2v) is 5.65. The van der Waals surface area contributed by atoms with Crippen LogP contribution in [0, 0.1) is 0 Å². The normalized spacial score (nSPS) is 22.6. The van der Waals surface area contributed by atoms with E-state index in [1.54, 1.807) is 0 Å². The topological polar surface area (TPSA) is 59.0 Å². The number of rotatable bonds is 3. The van der Waals surface area contributed by atoms with Crippen molar-refractivity contribution in [1.29, 1.82) is 0 Å². The van der Waals surface area contributed by atoms with E-state index in [4.69, 9.17) is 9.47 Å². The summed E-state index contributed by atoms with van der Waals surface area (Å²) >= 11 is 0. The molecule has 2 aliphatic rings. The number of hydrogen-bond acceptors (Lipinski definition) is 4. The summed E-state index contributed by atoms with van der Waals surface area (Å²) in [4.78, 5) is 13.4. The van der Waals surface area contributed by atoms with Crippen molar-refractivity contribution in [3.63, 3.8) is 0 Å². The average Bonchev–Trinajstić information content (AvgIpc) is 2.72. The first-order valence-corrected chi connectivity index (χ1v) is 7.59. The minimum atomic E-state index is -0.718. The summed E-state index contributed by atoms with van der Waals surface area (Å²) < 4.78 is 11.3. The number of aliphatic carboxylic acids is 1. The Morgan fingerprint density at radius 2 is 2.00 bits per heavy atom. The fourth-order valence-corrected chi connectivity index (χ4v) is 3.00. The highest BCUT2D eigenvalue weighted by atomic mass is 16.5. The zero-order chi connectivity index (χ0) is 14.7. The molecule has 0 saturated carbocycles. The molecular formula is C16H21NO4. The molecule has 114 valence electrons. The first kappa shape index (κ1) is 14.2. The molecule has 1 aromatic rings. The molecule has 1 N–H and O–H groups in total. The predicted octanol–water partition coefficient (Wildman–Crippen LogP) is 2.29. The molecule has 5 nitrogen and oxygen atoms in total. The number of carbonyl (C=O) groups is 1. The second-order valence-electron chi connectivity index (χ2n) is 5.65. The lowest BCUT2D eigenvalue weighted by molar-refractivity contribution is -0.144. The number of likely N-dealkylation sites (tertiary alicyclic amines) is 1. The molecule has 2 aliphatic heterocycles. The van der Waals surface area contributed by atoms with E-state index in [2.05, 4.69) is 0 Å². The monoisotopic (exact) mass is 291 g/mol. The van der Waals surface area contributed by atoms with E-state index in [0.717, 1.165) is 49.3 Å². The molecule has 21 heavy (non-hydrogen) atoms. The lowest BCUT2D eigenvalue weighted by Crippen LogP contribution is -2.43. The minimum absolute atomic E-state index is 0.366. The molecule has 1 atom stereocenters. The molecule has 0 bridgehead atoms. The van der Waals surface area contributed by atoms with Gasteiger partial charge in [0.15, 0.2) is 11.5 Å². The zero-order valence-electron chi connectivity index (χ0n) is 12.1. The molecule has 0 aromatic heterocycles. The van der Waals surface area contributed by atoms with Crippen LogP contribution in [-0.2, 0) is 11.3 Å². The Hall–Kier alpha value is -1.75. The third-order valence-electron chi connectivity index (χ3n) is 4.10. The Bertz CT molecular complexity index is 517. The van der Waals surface area contributed by atoms with Gasteiger partial charge in [-0.3, -0.25) is 9.69 Å². The third kappa shape index (κ3) is 3.29. The average molecular weight is 291 g/mol. The number of carboxylic acid groups (broad SMARTS) is 1. The van der Waals surface area contributed by atoms with E-state index in [0.29, 0.717) is 19.8 Å². The summed E-state index contributed by atoms with van der Waals surface area (Å²) in [5.41, 5.74) is 1.08. The Morgan fingerprint density at radius 3 is 2.81 bits per heavy atom. The van der Waals surface area contributed by atoms with Crippen LogP contribution in [0.3, 0.4) is 0 Å². The van der Waals surface area contributed by atoms with Gasteiger partial charge in [-0.2, -0.15) is 0 Å². The van der Waals surface area contributed by atoms with Crippen LogP contribution >= 0.6 is 0 Å². The van der Waals surface area contributed by atoms with Crippen molar-refractivity contribution in [2.75, 3.05) is 19.8 Å². The number of fused-ring (bicyclic) bond motifs is 1. The molecular weight excluding hydrogens is 270 g/mol. The second kappa shape index (κ2) is 6.35. The van der Waals surface area contributed by atoms with Crippen LogP contribution in [0.5, 0.6) is 11.5 Å². The number of ether oxygens (including phenoxy) is 2. The predicted molar refractivity (Wildman–Crippen MR) is 77.7 cm³/mol. The number of benzene rings is 1. The molecule has 1 aromatic carbocycles. The maximum atomic E-state index is 11.3. The first-order valence-electron chi connectivity index (χ1n) is 7.59. The molecule has 0 amide bonds. The Balaban J connectivity index is 1.74. The molecule has 2 heterocycles. The van der Waals surface area contributed by atoms with Gasteiger partial charge in [-0.1, -0.05) is 12.5 Å². The van der Waals surface area contributed by atoms with Crippen LogP contribution in [-0.4, -0.2) is 41.8 Å². The van der Waals surface area contributed by atoms with Crippen molar-refractivity contribution >= 4 is 5.97 Å². The molecule has 1 fully saturated rings. The van der Waals surface area contributed by atoms with Crippen molar-refractivity contribution in [3.05, 3.63) is 23.8 Å². The summed E-state index contributed by atoms with van der Waals surface area (Å²) in [7, 11) is 0. The van der Waals surface area contributed by atoms with Gasteiger partial charge >= 0.3 is 5.97 Å². The molecule has 0 radical (unpaired) electrons. The molecule has 5 heteroatoms. The van der Waals surface area contributed by atoms with Gasteiger partial charge in [-0.15, -0.1) is 0 Å². The summed E-state index contributed by atoms with van der Waals surface area (Å²) in [6, 6.07) is 5.54. The van der Waals surface area contributed by atoms with Gasteiger partial charge < -0.3 is 14.6 Å². The van der Waals surface area contributed by atoms with Crippen LogP contribution in [0.25, 0.3) is 0 Å². The lowest BCUT2D eigenvalue weighted by atomic mass is 10.0. The highest BCUT2D eigenvalue weighted by Crippen LogP contribution is 2.31. The van der Waals surface area contributed by atoms with Crippen LogP contribution in [0.2, 0.25) is 0 Å². The van der Waals surface area contributed by atoms with Gasteiger partial charge in [0.1, 0.15) is 6.04 Å². The molecule has 3 rings (SSSR count). The molecule has 1 unspecified atom stereocenters. The van der Waals surface area contributed by atoms with Crippen LogP contribution in [0.1, 0.15) is 31.2 Å². The van der Waals surface area contributed by atoms with Crippen LogP contribution in [0.15, 0.2) is 18.2 Å². The van der Waals surface area contributed by atoms with E-state index >= 15 is 0 Å². The first-order chi connectivity index (χ1) is 10.2. The Kier molecular flexibility index (Phi) is 4.29. The number of piperidine rings is 1. The van der Waals surface area contributed by atoms with E-state index in [1.165, 1.54) is 0 Å². The lowest BCUT2D eigenvalue weighted by Gasteiger charge is -2.32. The van der Waals surface area contributed by atoms with Gasteiger partial charge in [0.2, 0.25) is 0 Å². The van der Waals surface area contributed by atoms with Crippen LogP contribution < -0.4 is 9.47 Å². The van der Waals surface area contributed by atoms with E-state index < -0.39 is 5.97 Å². The number of hydrogen-bond donors (Lipinski definition) is 1. The van der Waals surface area contributed by atoms with Gasteiger partial charge in [-0.25, -0.2) is 0 Å². The standard InChI is InChI=1S/C16H21NO4/c18-16(19)13-4-1-2-7-17(13)11-12-5-6-14-15(10-12)21-9-3-8-20-14/h5-6,10,13H,1-4,7-9,11H2,(H,18,19). The third-order valence-corrected chi connectivity index (χ3v) is 4.10. The quantitative estimate of drug-likeness (QED) is 0.926. The van der Waals surface area contributed by atoms with Crippen LogP contribution in [0.4, 0.5) is 0 Å². The molecule has 0 spiro atoms. The van der Waals surface area contributed by atoms with Gasteiger partial charge in [-0.05, 0) is 37.1 Å². The summed E-state index contributed by atoms with van der Waals surface area (Å²) in [6.45, 7) is 2.83. The maximum absolute atomic E-state index is 11.3. The van der Waals surface area contributed by atoms with E-state index in [-0.39, 0.29) is 6.04 Å². The number of nitrogens with zero attached hydrogens (tertiary/aromatic N) is 1. The fourth-order valence-electron chi connectivity index (χ4n) is 3.00. The summed E-state index contributed by atoms with van der Waals surface area (Å²) in [5, 5.41) is 9.33. The van der Waals surface area contributed by atoms with Crippen molar-refractivity contribution < 1.29 is 19.4 Å². The maximum Gasteiger partial charge on any atom is 0.320 e. The fraction of sp³-hybridized carbons (Fsp3) is 0.562. The minimum Gasteiger partial charge on any atom is -0.490 e. The van der Waals surface area contributed by atoms with Crippen molar-refractivity contribution in [2.45, 2.75) is 38.3 Å². The highest BCUT2D eigenvalue weighted by molar-refractivity contribution is 5.73. The molecule has 1 saturated heterocycles. The van der Waals surface area contributed by atoms with E-state index in [9.17, 15) is 9.90 Å². The summed E-state index contributed by atoms with van der Waals surface area (Å²) in [5.74, 6) is 0.836. The number of carboxylic acids is 1. The molecule has 0 aliphatic carbocycles. The Labute approximate surface area is 124 Å². The smallest absolute Gasteiger partial charge is 0.320 e. The Morgan fingerprint density at radius 1 is 1.19 bits per heavy atom. The van der Waals surface area contributed by atoms with Gasteiger partial charge in [0, 0.05) is 13.0 Å². The van der Waals surface area contributed by atoms with Crippen molar-refractivity contribution in [3.8, 4) is 11.5 Å². The zero-order valence-corrected chi connectivity index (χ0v) is 12.1. The largest absolute Gasteiger partial charge is 0.490 e. The van der Waals surface area contributed by atoms with E-state index in [1.807, 2.05) is 23.1 Å². The van der Waals surface area contributed by atoms with Gasteiger partial charge in [0.25, 0.3) is 0 Å². The van der Waals surface area contributed by atoms with Crippen molar-refractivity contribution in [2.24, 2.45) is 0 Å². The van der Waals surface area contributed by atoms with Gasteiger partial charge in [0.05, 0.1) is 13.2 Å². The SMILES string of the molecule is O=C(O)C1CCCCN1Cc1ccc2c(c1)OCCCO2.